The third-order valence-corrected chi connectivity index (χ3v) is 6.50. The maximum atomic E-state index is 13.5. The molecule has 4 aromatic rings. The number of nitrogens with zero attached hydrogens (tertiary/aromatic N) is 6. The van der Waals surface area contributed by atoms with E-state index in [0.717, 1.165) is 17.5 Å². The summed E-state index contributed by atoms with van der Waals surface area (Å²) in [5.41, 5.74) is 3.16. The van der Waals surface area contributed by atoms with Crippen molar-refractivity contribution in [1.82, 2.24) is 30.0 Å². The fraction of sp³-hybridized carbons (Fsp3) is 0.273. The Labute approximate surface area is 191 Å². The highest BCUT2D eigenvalue weighted by Gasteiger charge is 2.35. The number of benzene rings is 2. The van der Waals surface area contributed by atoms with Crippen LogP contribution in [0.25, 0.3) is 15.9 Å². The molecular formula is C22H19F3N6OS. The summed E-state index contributed by atoms with van der Waals surface area (Å²) in [7, 11) is 0. The summed E-state index contributed by atoms with van der Waals surface area (Å²) in [5, 5.41) is 11.1. The Morgan fingerprint density at radius 3 is 2.64 bits per heavy atom. The summed E-state index contributed by atoms with van der Waals surface area (Å²) in [6.45, 7) is 3.54. The summed E-state index contributed by atoms with van der Waals surface area (Å²) >= 11 is 0.630. The second-order valence-corrected chi connectivity index (χ2v) is 8.86. The lowest BCUT2D eigenvalue weighted by Gasteiger charge is -2.28. The van der Waals surface area contributed by atoms with Gasteiger partial charge in [-0.05, 0) is 43.2 Å². The largest absolute Gasteiger partial charge is 0.443 e. The van der Waals surface area contributed by atoms with E-state index in [1.165, 1.54) is 4.80 Å². The first-order valence-electron chi connectivity index (χ1n) is 10.3. The van der Waals surface area contributed by atoms with Gasteiger partial charge in [0.2, 0.25) is 0 Å². The van der Waals surface area contributed by atoms with Crippen molar-refractivity contribution >= 4 is 27.5 Å². The van der Waals surface area contributed by atoms with Crippen LogP contribution in [0.3, 0.4) is 0 Å². The van der Waals surface area contributed by atoms with Crippen LogP contribution in [0.15, 0.2) is 48.8 Å². The molecule has 1 fully saturated rings. The van der Waals surface area contributed by atoms with Crippen molar-refractivity contribution in [1.29, 1.82) is 0 Å². The first-order chi connectivity index (χ1) is 15.8. The van der Waals surface area contributed by atoms with E-state index < -0.39 is 11.2 Å². The number of fused-ring (bicyclic) bond motifs is 1. The SMILES string of the molecule is Cc1ccc(-n2nccn2)c(C(=O)N2CCCN2Cc2ccc3nc(C(F)(F)F)sc3c2)c1. The third kappa shape index (κ3) is 4.21. The van der Waals surface area contributed by atoms with Gasteiger partial charge >= 0.3 is 6.18 Å². The van der Waals surface area contributed by atoms with Crippen LogP contribution in [0.2, 0.25) is 0 Å². The number of rotatable bonds is 4. The van der Waals surface area contributed by atoms with Gasteiger partial charge < -0.3 is 0 Å². The van der Waals surface area contributed by atoms with E-state index in [9.17, 15) is 18.0 Å². The Hall–Kier alpha value is -3.31. The molecule has 0 spiro atoms. The van der Waals surface area contributed by atoms with Gasteiger partial charge in [0, 0.05) is 19.6 Å². The molecule has 7 nitrogen and oxygen atoms in total. The summed E-state index contributed by atoms with van der Waals surface area (Å²) < 4.78 is 39.5. The first kappa shape index (κ1) is 21.5. The Bertz CT molecular complexity index is 1320. The summed E-state index contributed by atoms with van der Waals surface area (Å²) in [5.74, 6) is -0.165. The standard InChI is InChI=1S/C22H19F3N6OS/c1-14-3-6-18(31-26-7-8-27-31)16(11-14)20(32)30-10-2-9-29(30)13-15-4-5-17-19(12-15)33-21(28-17)22(23,24)25/h3-8,11-12H,2,9-10,13H2,1H3. The van der Waals surface area contributed by atoms with Gasteiger partial charge in [-0.1, -0.05) is 17.7 Å². The molecule has 1 aliphatic heterocycles. The molecule has 0 atom stereocenters. The van der Waals surface area contributed by atoms with Gasteiger partial charge in [0.15, 0.2) is 5.01 Å². The van der Waals surface area contributed by atoms with Crippen molar-refractivity contribution in [2.75, 3.05) is 13.1 Å². The molecule has 1 aliphatic rings. The number of thiazole rings is 1. The smallest absolute Gasteiger partial charge is 0.271 e. The van der Waals surface area contributed by atoms with Crippen molar-refractivity contribution in [3.05, 3.63) is 70.5 Å². The second-order valence-electron chi connectivity index (χ2n) is 7.83. The zero-order chi connectivity index (χ0) is 23.2. The van der Waals surface area contributed by atoms with Crippen LogP contribution in [0, 0.1) is 6.92 Å². The Kier molecular flexibility index (Phi) is 5.37. The maximum Gasteiger partial charge on any atom is 0.443 e. The number of aryl methyl sites for hydroxylation is 1. The lowest BCUT2D eigenvalue weighted by Crippen LogP contribution is -2.41. The van der Waals surface area contributed by atoms with Gasteiger partial charge in [0.1, 0.15) is 0 Å². The normalized spacial score (nSPS) is 15.0. The molecule has 1 amide bonds. The summed E-state index contributed by atoms with van der Waals surface area (Å²) in [4.78, 5) is 18.6. The van der Waals surface area contributed by atoms with Crippen molar-refractivity contribution in [3.63, 3.8) is 0 Å². The molecule has 5 rings (SSSR count). The molecule has 170 valence electrons. The molecule has 1 saturated heterocycles. The third-order valence-electron chi connectivity index (χ3n) is 5.44. The number of amides is 1. The average Bonchev–Trinajstić information content (AvgIpc) is 3.53. The Morgan fingerprint density at radius 1 is 1.09 bits per heavy atom. The van der Waals surface area contributed by atoms with Crippen LogP contribution < -0.4 is 0 Å². The van der Waals surface area contributed by atoms with Crippen molar-refractivity contribution in [2.24, 2.45) is 0 Å². The molecule has 3 heterocycles. The zero-order valence-electron chi connectivity index (χ0n) is 17.6. The molecule has 11 heteroatoms. The lowest BCUT2D eigenvalue weighted by molar-refractivity contribution is -0.137. The fourth-order valence-corrected chi connectivity index (χ4v) is 4.83. The second kappa shape index (κ2) is 8.23. The topological polar surface area (TPSA) is 67.2 Å². The van der Waals surface area contributed by atoms with Crippen molar-refractivity contribution in [2.45, 2.75) is 26.1 Å². The molecular weight excluding hydrogens is 453 g/mol. The van der Waals surface area contributed by atoms with E-state index in [-0.39, 0.29) is 5.91 Å². The minimum atomic E-state index is -4.46. The number of hydrogen-bond donors (Lipinski definition) is 0. The Balaban J connectivity index is 1.41. The van der Waals surface area contributed by atoms with Crippen molar-refractivity contribution < 1.29 is 18.0 Å². The number of carbonyl (C=O) groups excluding carboxylic acids is 1. The van der Waals surface area contributed by atoms with E-state index in [1.54, 1.807) is 35.6 Å². The molecule has 0 radical (unpaired) electrons. The maximum absolute atomic E-state index is 13.5. The predicted molar refractivity (Wildman–Crippen MR) is 117 cm³/mol. The van der Waals surface area contributed by atoms with Crippen LogP contribution in [0.1, 0.15) is 32.9 Å². The van der Waals surface area contributed by atoms with Gasteiger partial charge in [-0.25, -0.2) is 9.99 Å². The fourth-order valence-electron chi connectivity index (χ4n) is 3.93. The lowest BCUT2D eigenvalue weighted by atomic mass is 10.1. The quantitative estimate of drug-likeness (QED) is 0.439. The van der Waals surface area contributed by atoms with E-state index in [4.69, 9.17) is 0 Å². The number of alkyl halides is 3. The van der Waals surface area contributed by atoms with Gasteiger partial charge in [-0.15, -0.1) is 11.3 Å². The number of aromatic nitrogens is 4. The molecule has 0 unspecified atom stereocenters. The summed E-state index contributed by atoms with van der Waals surface area (Å²) in [6, 6.07) is 10.6. The van der Waals surface area contributed by atoms with Crippen LogP contribution in [-0.2, 0) is 12.7 Å². The first-order valence-corrected chi connectivity index (χ1v) is 11.1. The van der Waals surface area contributed by atoms with E-state index in [2.05, 4.69) is 15.2 Å². The number of halogens is 3. The molecule has 2 aromatic heterocycles. The van der Waals surface area contributed by atoms with Gasteiger partial charge in [0.05, 0.1) is 33.9 Å². The monoisotopic (exact) mass is 472 g/mol. The van der Waals surface area contributed by atoms with E-state index >= 15 is 0 Å². The van der Waals surface area contributed by atoms with Gasteiger partial charge in [-0.2, -0.15) is 28.2 Å². The molecule has 0 aliphatic carbocycles. The number of hydrazine groups is 1. The molecule has 33 heavy (non-hydrogen) atoms. The highest BCUT2D eigenvalue weighted by Crippen LogP contribution is 2.36. The Morgan fingerprint density at radius 2 is 1.88 bits per heavy atom. The molecule has 2 aromatic carbocycles. The van der Waals surface area contributed by atoms with E-state index in [1.807, 2.05) is 30.1 Å². The van der Waals surface area contributed by atoms with Crippen molar-refractivity contribution in [3.8, 4) is 5.69 Å². The van der Waals surface area contributed by atoms with E-state index in [0.29, 0.717) is 52.4 Å². The minimum absolute atomic E-state index is 0.165. The molecule has 0 saturated carbocycles. The minimum Gasteiger partial charge on any atom is -0.271 e. The predicted octanol–water partition coefficient (Wildman–Crippen LogP) is 4.47. The highest BCUT2D eigenvalue weighted by atomic mass is 32.1. The number of carbonyl (C=O) groups is 1. The average molecular weight is 472 g/mol. The van der Waals surface area contributed by atoms with Gasteiger partial charge in [-0.3, -0.25) is 9.80 Å². The van der Waals surface area contributed by atoms with Gasteiger partial charge in [0.25, 0.3) is 5.91 Å². The number of hydrogen-bond acceptors (Lipinski definition) is 6. The molecule has 0 N–H and O–H groups in total. The summed E-state index contributed by atoms with van der Waals surface area (Å²) in [6.07, 6.45) is -0.559. The van der Waals surface area contributed by atoms with Crippen LogP contribution in [0.4, 0.5) is 13.2 Å². The van der Waals surface area contributed by atoms with Crippen LogP contribution in [-0.4, -0.2) is 49.0 Å². The van der Waals surface area contributed by atoms with Crippen LogP contribution >= 0.6 is 11.3 Å². The highest BCUT2D eigenvalue weighted by molar-refractivity contribution is 7.18. The zero-order valence-corrected chi connectivity index (χ0v) is 18.4. The van der Waals surface area contributed by atoms with Crippen LogP contribution in [0.5, 0.6) is 0 Å². The molecule has 0 bridgehead atoms.